The number of benzene rings is 1. The van der Waals surface area contributed by atoms with E-state index in [1.54, 1.807) is 30.6 Å². The molecule has 1 aliphatic rings. The van der Waals surface area contributed by atoms with Gasteiger partial charge in [-0.1, -0.05) is 50.6 Å². The minimum absolute atomic E-state index is 0.00145. The Balaban J connectivity index is 1.58. The monoisotopic (exact) mass is 587 g/mol. The minimum Gasteiger partial charge on any atom is -0.411 e. The Morgan fingerprint density at radius 3 is 2.38 bits per heavy atom. The molecule has 6 nitrogen and oxygen atoms in total. The van der Waals surface area contributed by atoms with Crippen LogP contribution in [0.15, 0.2) is 55.2 Å². The van der Waals surface area contributed by atoms with E-state index in [0.717, 1.165) is 4.68 Å². The highest BCUT2D eigenvalue weighted by atomic mass is 35.5. The Morgan fingerprint density at radius 2 is 1.77 bits per heavy atom. The summed E-state index contributed by atoms with van der Waals surface area (Å²) in [5, 5.41) is 4.78. The molecule has 40 heavy (non-hydrogen) atoms. The molecule has 1 saturated carbocycles. The Bertz CT molecular complexity index is 1520. The molecule has 0 aliphatic heterocycles. The van der Waals surface area contributed by atoms with Gasteiger partial charge in [0.2, 0.25) is 0 Å². The van der Waals surface area contributed by atoms with Gasteiger partial charge in [0.25, 0.3) is 0 Å². The van der Waals surface area contributed by atoms with E-state index in [9.17, 15) is 13.2 Å². The quantitative estimate of drug-likeness (QED) is 0.229. The van der Waals surface area contributed by atoms with E-state index in [1.165, 1.54) is 12.5 Å². The number of H-pyrrole nitrogens is 1. The number of halogens is 4. The maximum absolute atomic E-state index is 14.8. The predicted molar refractivity (Wildman–Crippen MR) is 153 cm³/mol. The Labute approximate surface area is 238 Å². The van der Waals surface area contributed by atoms with Gasteiger partial charge in [-0.25, -0.2) is 9.97 Å². The van der Waals surface area contributed by atoms with Gasteiger partial charge in [-0.2, -0.15) is 18.3 Å². The molecule has 11 heteroatoms. The van der Waals surface area contributed by atoms with Gasteiger partial charge in [0, 0.05) is 39.7 Å². The molecular formula is C29H33ClF3N5OSi. The van der Waals surface area contributed by atoms with Crippen LogP contribution < -0.4 is 0 Å². The fraction of sp³-hybridized carbons (Fsp3) is 0.414. The summed E-state index contributed by atoms with van der Waals surface area (Å²) in [7, 11) is -2.10. The summed E-state index contributed by atoms with van der Waals surface area (Å²) >= 11 is 6.50. The van der Waals surface area contributed by atoms with Crippen molar-refractivity contribution in [3.63, 3.8) is 0 Å². The van der Waals surface area contributed by atoms with Gasteiger partial charge in [-0.05, 0) is 50.0 Å². The highest BCUT2D eigenvalue weighted by Gasteiger charge is 2.52. The molecular weight excluding hydrogens is 555 g/mol. The van der Waals surface area contributed by atoms with E-state index in [1.807, 2.05) is 19.1 Å². The van der Waals surface area contributed by atoms with Crippen LogP contribution in [-0.4, -0.2) is 38.7 Å². The molecule has 1 N–H and O–H groups in total. The molecule has 0 saturated heterocycles. The number of nitrogens with one attached hydrogen (secondary N) is 1. The zero-order chi connectivity index (χ0) is 29.1. The second kappa shape index (κ2) is 9.85. The minimum atomic E-state index is -4.64. The highest BCUT2D eigenvalue weighted by Crippen LogP contribution is 2.52. The molecule has 1 aliphatic carbocycles. The summed E-state index contributed by atoms with van der Waals surface area (Å²) in [6.07, 6.45) is 2.15. The van der Waals surface area contributed by atoms with Crippen molar-refractivity contribution in [3.05, 3.63) is 66.0 Å². The van der Waals surface area contributed by atoms with Gasteiger partial charge < -0.3 is 9.41 Å². The summed E-state index contributed by atoms with van der Waals surface area (Å²) in [6.45, 7) is 12.8. The van der Waals surface area contributed by atoms with Crippen molar-refractivity contribution >= 4 is 19.9 Å². The van der Waals surface area contributed by atoms with Gasteiger partial charge in [0.05, 0.1) is 29.2 Å². The van der Waals surface area contributed by atoms with E-state index in [4.69, 9.17) is 16.0 Å². The van der Waals surface area contributed by atoms with Crippen molar-refractivity contribution in [1.29, 1.82) is 0 Å². The number of aromatic amines is 1. The third kappa shape index (κ3) is 5.12. The van der Waals surface area contributed by atoms with E-state index in [-0.39, 0.29) is 16.3 Å². The van der Waals surface area contributed by atoms with Gasteiger partial charge in [-0.15, -0.1) is 0 Å². The molecule has 5 rings (SSSR count). The SMILES string of the molecule is CC1(O[Si](C)(C)C(C)(C)C)CC(n2ncc(-c3[nH]cc(-c4ccccc4Cl)c3-c3ccncn3)c2C(F)(F)F)C1. The van der Waals surface area contributed by atoms with Crippen molar-refractivity contribution < 1.29 is 17.6 Å². The molecule has 3 aromatic heterocycles. The van der Waals surface area contributed by atoms with Crippen LogP contribution in [0.5, 0.6) is 0 Å². The molecule has 0 spiro atoms. The summed E-state index contributed by atoms with van der Waals surface area (Å²) < 4.78 is 52.0. The summed E-state index contributed by atoms with van der Waals surface area (Å²) in [5.41, 5.74) is 1.23. The van der Waals surface area contributed by atoms with E-state index in [0.29, 0.717) is 40.2 Å². The molecule has 0 amide bonds. The number of hydrogen-bond acceptors (Lipinski definition) is 4. The fourth-order valence-corrected chi connectivity index (χ4v) is 7.24. The van der Waals surface area contributed by atoms with E-state index >= 15 is 0 Å². The number of rotatable bonds is 6. The molecule has 0 atom stereocenters. The van der Waals surface area contributed by atoms with Crippen LogP contribution in [0.25, 0.3) is 33.6 Å². The van der Waals surface area contributed by atoms with Crippen LogP contribution in [0.2, 0.25) is 23.2 Å². The molecule has 212 valence electrons. The summed E-state index contributed by atoms with van der Waals surface area (Å²) in [4.78, 5) is 11.4. The average Bonchev–Trinajstić information content (AvgIpc) is 3.47. The Hall–Kier alpha value is -2.95. The summed E-state index contributed by atoms with van der Waals surface area (Å²) in [5.74, 6) is 0. The topological polar surface area (TPSA) is 68.6 Å². The van der Waals surface area contributed by atoms with Gasteiger partial charge in [0.15, 0.2) is 14.0 Å². The van der Waals surface area contributed by atoms with Gasteiger partial charge in [-0.3, -0.25) is 4.68 Å². The average molecular weight is 588 g/mol. The molecule has 3 heterocycles. The zero-order valence-electron chi connectivity index (χ0n) is 23.4. The first-order valence-corrected chi connectivity index (χ1v) is 16.5. The first-order valence-electron chi connectivity index (χ1n) is 13.2. The van der Waals surface area contributed by atoms with Crippen LogP contribution >= 0.6 is 11.6 Å². The molecule has 0 radical (unpaired) electrons. The number of nitrogens with zero attached hydrogens (tertiary/aromatic N) is 4. The lowest BCUT2D eigenvalue weighted by Crippen LogP contribution is -2.54. The molecule has 1 aromatic carbocycles. The van der Waals surface area contributed by atoms with Crippen molar-refractivity contribution in [2.75, 3.05) is 0 Å². The van der Waals surface area contributed by atoms with Crippen molar-refractivity contribution in [2.24, 2.45) is 0 Å². The largest absolute Gasteiger partial charge is 0.433 e. The molecule has 4 aromatic rings. The maximum atomic E-state index is 14.8. The molecule has 0 unspecified atom stereocenters. The standard InChI is InChI=1S/C29H33ClF3N5OSi/c1-27(2,3)40(5,6)39-28(4)13-18(14-28)38-26(29(31,32)33)21(16-37-38)25-24(23-11-12-34-17-36-23)20(15-35-25)19-9-7-8-10-22(19)30/h7-12,15-18,35H,13-14H2,1-6H3. The lowest BCUT2D eigenvalue weighted by Gasteiger charge is -2.52. The normalized spacial score (nSPS) is 20.0. The summed E-state index contributed by atoms with van der Waals surface area (Å²) in [6, 6.07) is 8.44. The van der Waals surface area contributed by atoms with Crippen molar-refractivity contribution in [1.82, 2.24) is 24.7 Å². The van der Waals surface area contributed by atoms with Crippen LogP contribution in [0.3, 0.4) is 0 Å². The Kier molecular flexibility index (Phi) is 7.04. The van der Waals surface area contributed by atoms with Crippen LogP contribution in [0.1, 0.15) is 52.3 Å². The van der Waals surface area contributed by atoms with Gasteiger partial charge >= 0.3 is 6.18 Å². The number of alkyl halides is 3. The number of aromatic nitrogens is 5. The van der Waals surface area contributed by atoms with Crippen LogP contribution in [-0.2, 0) is 10.6 Å². The van der Waals surface area contributed by atoms with Crippen LogP contribution in [0, 0.1) is 0 Å². The van der Waals surface area contributed by atoms with Crippen LogP contribution in [0.4, 0.5) is 13.2 Å². The van der Waals surface area contributed by atoms with E-state index < -0.39 is 31.8 Å². The van der Waals surface area contributed by atoms with Gasteiger partial charge in [0.1, 0.15) is 6.33 Å². The first-order chi connectivity index (χ1) is 18.6. The van der Waals surface area contributed by atoms with Crippen molar-refractivity contribution in [3.8, 4) is 33.6 Å². The Morgan fingerprint density at radius 1 is 1.07 bits per heavy atom. The lowest BCUT2D eigenvalue weighted by atomic mass is 9.77. The number of hydrogen-bond donors (Lipinski definition) is 1. The lowest BCUT2D eigenvalue weighted by molar-refractivity contribution is -0.148. The second-order valence-corrected chi connectivity index (χ2v) is 17.4. The predicted octanol–water partition coefficient (Wildman–Crippen LogP) is 8.79. The zero-order valence-corrected chi connectivity index (χ0v) is 25.2. The highest BCUT2D eigenvalue weighted by molar-refractivity contribution is 6.74. The van der Waals surface area contributed by atoms with E-state index in [2.05, 4.69) is 53.9 Å². The molecule has 0 bridgehead atoms. The third-order valence-corrected chi connectivity index (χ3v) is 13.1. The van der Waals surface area contributed by atoms with Crippen molar-refractivity contribution in [2.45, 2.75) is 76.5 Å². The maximum Gasteiger partial charge on any atom is 0.433 e. The smallest absolute Gasteiger partial charge is 0.411 e. The first kappa shape index (κ1) is 28.6. The fourth-order valence-electron chi connectivity index (χ4n) is 5.30. The molecule has 1 fully saturated rings. The third-order valence-electron chi connectivity index (χ3n) is 8.20. The second-order valence-electron chi connectivity index (χ2n) is 12.3.